The molecule has 0 saturated heterocycles. The van der Waals surface area contributed by atoms with E-state index in [1.165, 1.54) is 6.07 Å². The third kappa shape index (κ3) is 5.83. The fraction of sp³-hybridized carbons (Fsp3) is 0.316. The average Bonchev–Trinajstić information content (AvgIpc) is 2.58. The zero-order valence-electron chi connectivity index (χ0n) is 14.0. The van der Waals surface area contributed by atoms with E-state index in [4.69, 9.17) is 4.74 Å². The molecule has 0 spiro atoms. The van der Waals surface area contributed by atoms with Crippen LogP contribution in [0.3, 0.4) is 0 Å². The maximum Gasteiger partial charge on any atom is 0.220 e. The van der Waals surface area contributed by atoms with Crippen molar-refractivity contribution in [2.45, 2.75) is 25.9 Å². The van der Waals surface area contributed by atoms with Crippen LogP contribution in [0.2, 0.25) is 0 Å². The molecule has 0 aliphatic rings. The molecule has 2 aromatic carbocycles. The van der Waals surface area contributed by atoms with Crippen LogP contribution in [-0.4, -0.2) is 24.2 Å². The first-order valence-corrected chi connectivity index (χ1v) is 8.05. The zero-order valence-corrected chi connectivity index (χ0v) is 14.0. The van der Waals surface area contributed by atoms with Gasteiger partial charge in [-0.25, -0.2) is 8.78 Å². The average molecular weight is 349 g/mol. The summed E-state index contributed by atoms with van der Waals surface area (Å²) in [7, 11) is 0. The Kier molecular flexibility index (Phi) is 6.89. The van der Waals surface area contributed by atoms with Crippen molar-refractivity contribution >= 4 is 5.91 Å². The van der Waals surface area contributed by atoms with Crippen molar-refractivity contribution < 1.29 is 23.4 Å². The van der Waals surface area contributed by atoms with Crippen LogP contribution < -0.4 is 10.1 Å². The van der Waals surface area contributed by atoms with E-state index >= 15 is 0 Å². The zero-order chi connectivity index (χ0) is 18.2. The van der Waals surface area contributed by atoms with Crippen LogP contribution in [-0.2, 0) is 4.79 Å². The lowest BCUT2D eigenvalue weighted by atomic mass is 10.0. The summed E-state index contributed by atoms with van der Waals surface area (Å²) in [6.45, 7) is 2.15. The Hall–Kier alpha value is -2.47. The number of carbonyl (C=O) groups excluding carboxylic acids is 1. The van der Waals surface area contributed by atoms with Gasteiger partial charge in [0, 0.05) is 19.0 Å². The molecule has 0 aliphatic carbocycles. The monoisotopic (exact) mass is 349 g/mol. The van der Waals surface area contributed by atoms with E-state index in [0.29, 0.717) is 6.42 Å². The number of amides is 1. The van der Waals surface area contributed by atoms with Gasteiger partial charge >= 0.3 is 0 Å². The molecule has 4 nitrogen and oxygen atoms in total. The smallest absolute Gasteiger partial charge is 0.220 e. The highest BCUT2D eigenvalue weighted by molar-refractivity contribution is 5.75. The van der Waals surface area contributed by atoms with Crippen LogP contribution in [0.5, 0.6) is 5.75 Å². The molecule has 0 aromatic heterocycles. The molecule has 25 heavy (non-hydrogen) atoms. The second kappa shape index (κ2) is 9.13. The van der Waals surface area contributed by atoms with Gasteiger partial charge in [-0.3, -0.25) is 4.79 Å². The molecule has 1 amide bonds. The van der Waals surface area contributed by atoms with Crippen molar-refractivity contribution in [3.63, 3.8) is 0 Å². The standard InChI is InChI=1S/C19H21F2NO3/c1-13-5-2-3-6-15(13)17(23)12-22-19(24)7-4-10-25-18-9-8-14(20)11-16(18)21/h2-3,5-6,8-9,11,17,23H,4,7,10,12H2,1H3,(H,22,24). The molecule has 134 valence electrons. The third-order valence-corrected chi connectivity index (χ3v) is 3.74. The van der Waals surface area contributed by atoms with Gasteiger partial charge in [0.2, 0.25) is 5.91 Å². The summed E-state index contributed by atoms with van der Waals surface area (Å²) in [5.41, 5.74) is 1.73. The molecular formula is C19H21F2NO3. The molecule has 2 N–H and O–H groups in total. The van der Waals surface area contributed by atoms with Crippen molar-refractivity contribution in [1.82, 2.24) is 5.32 Å². The predicted molar refractivity (Wildman–Crippen MR) is 90.2 cm³/mol. The predicted octanol–water partition coefficient (Wildman–Crippen LogP) is 3.28. The van der Waals surface area contributed by atoms with E-state index in [2.05, 4.69) is 5.32 Å². The number of hydrogen-bond acceptors (Lipinski definition) is 3. The van der Waals surface area contributed by atoms with Gasteiger partial charge in [0.05, 0.1) is 12.7 Å². The minimum atomic E-state index is -0.772. The van der Waals surface area contributed by atoms with Crippen LogP contribution >= 0.6 is 0 Å². The number of hydrogen-bond donors (Lipinski definition) is 2. The summed E-state index contributed by atoms with van der Waals surface area (Å²) in [6, 6.07) is 10.5. The fourth-order valence-corrected chi connectivity index (χ4v) is 2.38. The van der Waals surface area contributed by atoms with E-state index < -0.39 is 17.7 Å². The highest BCUT2D eigenvalue weighted by Crippen LogP contribution is 2.18. The Bertz CT molecular complexity index is 722. The SMILES string of the molecule is Cc1ccccc1C(O)CNC(=O)CCCOc1ccc(F)cc1F. The number of benzene rings is 2. The van der Waals surface area contributed by atoms with Gasteiger partial charge in [0.1, 0.15) is 5.82 Å². The number of aliphatic hydroxyl groups is 1. The van der Waals surface area contributed by atoms with Crippen molar-refractivity contribution in [3.8, 4) is 5.75 Å². The number of rotatable bonds is 8. The Balaban J connectivity index is 1.68. The first-order valence-electron chi connectivity index (χ1n) is 8.05. The largest absolute Gasteiger partial charge is 0.491 e. The second-order valence-electron chi connectivity index (χ2n) is 5.70. The van der Waals surface area contributed by atoms with Gasteiger partial charge in [-0.1, -0.05) is 24.3 Å². The first kappa shape index (κ1) is 18.9. The third-order valence-electron chi connectivity index (χ3n) is 3.74. The maximum absolute atomic E-state index is 13.4. The molecule has 1 unspecified atom stereocenters. The highest BCUT2D eigenvalue weighted by atomic mass is 19.1. The number of aryl methyl sites for hydroxylation is 1. The Morgan fingerprint density at radius 2 is 2.00 bits per heavy atom. The number of ether oxygens (including phenoxy) is 1. The lowest BCUT2D eigenvalue weighted by molar-refractivity contribution is -0.121. The summed E-state index contributed by atoms with van der Waals surface area (Å²) >= 11 is 0. The van der Waals surface area contributed by atoms with Gasteiger partial charge in [-0.2, -0.15) is 0 Å². The molecule has 0 fully saturated rings. The van der Waals surface area contributed by atoms with E-state index in [-0.39, 0.29) is 31.2 Å². The van der Waals surface area contributed by atoms with Gasteiger partial charge in [-0.15, -0.1) is 0 Å². The van der Waals surface area contributed by atoms with E-state index in [9.17, 15) is 18.7 Å². The van der Waals surface area contributed by atoms with E-state index in [1.54, 1.807) is 0 Å². The molecule has 0 aliphatic heterocycles. The molecule has 0 radical (unpaired) electrons. The number of halogens is 2. The minimum absolute atomic E-state index is 0.0446. The lowest BCUT2D eigenvalue weighted by Crippen LogP contribution is -2.28. The summed E-state index contributed by atoms with van der Waals surface area (Å²) in [6.07, 6.45) is -0.207. The Morgan fingerprint density at radius 3 is 2.72 bits per heavy atom. The lowest BCUT2D eigenvalue weighted by Gasteiger charge is -2.14. The van der Waals surface area contributed by atoms with Crippen molar-refractivity contribution in [3.05, 3.63) is 65.2 Å². The molecular weight excluding hydrogens is 328 g/mol. The van der Waals surface area contributed by atoms with Crippen LogP contribution in [0.25, 0.3) is 0 Å². The normalized spacial score (nSPS) is 11.8. The molecule has 2 aromatic rings. The van der Waals surface area contributed by atoms with Crippen molar-refractivity contribution in [1.29, 1.82) is 0 Å². The topological polar surface area (TPSA) is 58.6 Å². The number of aliphatic hydroxyl groups excluding tert-OH is 1. The highest BCUT2D eigenvalue weighted by Gasteiger charge is 2.11. The number of carbonyl (C=O) groups is 1. The van der Waals surface area contributed by atoms with E-state index in [1.807, 2.05) is 31.2 Å². The Morgan fingerprint density at radius 1 is 1.24 bits per heavy atom. The fourth-order valence-electron chi connectivity index (χ4n) is 2.38. The summed E-state index contributed by atoms with van der Waals surface area (Å²) in [5.74, 6) is -1.71. The molecule has 1 atom stereocenters. The minimum Gasteiger partial charge on any atom is -0.491 e. The van der Waals surface area contributed by atoms with Crippen LogP contribution in [0.4, 0.5) is 8.78 Å². The van der Waals surface area contributed by atoms with E-state index in [0.717, 1.165) is 23.3 Å². The second-order valence-corrected chi connectivity index (χ2v) is 5.70. The van der Waals surface area contributed by atoms with Crippen LogP contribution in [0.15, 0.2) is 42.5 Å². The summed E-state index contributed by atoms with van der Waals surface area (Å²) in [5, 5.41) is 12.8. The van der Waals surface area contributed by atoms with Gasteiger partial charge in [-0.05, 0) is 36.6 Å². The molecule has 2 rings (SSSR count). The van der Waals surface area contributed by atoms with Gasteiger partial charge in [0.25, 0.3) is 0 Å². The van der Waals surface area contributed by atoms with Gasteiger partial charge in [0.15, 0.2) is 11.6 Å². The number of nitrogens with one attached hydrogen (secondary N) is 1. The Labute approximate surface area is 145 Å². The van der Waals surface area contributed by atoms with Crippen molar-refractivity contribution in [2.24, 2.45) is 0 Å². The summed E-state index contributed by atoms with van der Waals surface area (Å²) in [4.78, 5) is 11.8. The molecule has 0 saturated carbocycles. The van der Waals surface area contributed by atoms with Crippen molar-refractivity contribution in [2.75, 3.05) is 13.2 Å². The molecule has 6 heteroatoms. The van der Waals surface area contributed by atoms with Crippen LogP contribution in [0.1, 0.15) is 30.1 Å². The quantitative estimate of drug-likeness (QED) is 0.719. The maximum atomic E-state index is 13.4. The summed E-state index contributed by atoms with van der Waals surface area (Å²) < 4.78 is 31.3. The molecule has 0 bridgehead atoms. The molecule has 0 heterocycles. The van der Waals surface area contributed by atoms with Crippen LogP contribution in [0, 0.1) is 18.6 Å². The first-order chi connectivity index (χ1) is 12.0. The van der Waals surface area contributed by atoms with Gasteiger partial charge < -0.3 is 15.2 Å².